The molecule has 4 aromatic rings. The van der Waals surface area contributed by atoms with Gasteiger partial charge in [0.1, 0.15) is 17.0 Å². The first kappa shape index (κ1) is 20.8. The fraction of sp³-hybridized carbons (Fsp3) is 0.440. The van der Waals surface area contributed by atoms with Gasteiger partial charge in [-0.15, -0.1) is 0 Å². The first-order chi connectivity index (χ1) is 17.2. The average molecular weight is 474 g/mol. The van der Waals surface area contributed by atoms with Crippen molar-refractivity contribution >= 4 is 28.4 Å². The second-order valence-electron chi connectivity index (χ2n) is 9.68. The number of ether oxygens (including phenoxy) is 2. The van der Waals surface area contributed by atoms with E-state index in [0.29, 0.717) is 29.1 Å². The molecule has 5 atom stereocenters. The van der Waals surface area contributed by atoms with E-state index in [0.717, 1.165) is 54.2 Å². The Bertz CT molecular complexity index is 1450. The van der Waals surface area contributed by atoms with Crippen LogP contribution in [0.2, 0.25) is 0 Å². The van der Waals surface area contributed by atoms with Gasteiger partial charge in [-0.1, -0.05) is 0 Å². The van der Waals surface area contributed by atoms with Gasteiger partial charge in [0.05, 0.1) is 37.3 Å². The molecule has 3 fully saturated rings. The van der Waals surface area contributed by atoms with Crippen molar-refractivity contribution in [3.63, 3.8) is 0 Å². The molecule has 5 heterocycles. The summed E-state index contributed by atoms with van der Waals surface area (Å²) in [7, 11) is 3.52. The van der Waals surface area contributed by atoms with Crippen LogP contribution in [0.1, 0.15) is 29.2 Å². The van der Waals surface area contributed by atoms with Crippen molar-refractivity contribution in [2.24, 2.45) is 11.8 Å². The lowest BCUT2D eigenvalue weighted by Crippen LogP contribution is -2.51. The molecule has 0 radical (unpaired) electrons. The van der Waals surface area contributed by atoms with Gasteiger partial charge in [0.15, 0.2) is 5.65 Å². The first-order valence-corrected chi connectivity index (χ1v) is 12.1. The van der Waals surface area contributed by atoms with Gasteiger partial charge in [-0.3, -0.25) is 4.79 Å². The molecule has 1 amide bonds. The van der Waals surface area contributed by atoms with Gasteiger partial charge in [-0.05, 0) is 25.0 Å². The minimum Gasteiger partial charge on any atom is -0.381 e. The molecule has 1 saturated heterocycles. The Balaban J connectivity index is 1.32. The predicted molar refractivity (Wildman–Crippen MR) is 129 cm³/mol. The first-order valence-electron chi connectivity index (χ1n) is 12.1. The van der Waals surface area contributed by atoms with Crippen LogP contribution in [-0.4, -0.2) is 69.6 Å². The van der Waals surface area contributed by atoms with Crippen LogP contribution in [0.25, 0.3) is 27.9 Å². The summed E-state index contributed by atoms with van der Waals surface area (Å²) in [6.07, 6.45) is 7.49. The lowest BCUT2D eigenvalue weighted by Gasteiger charge is -2.35. The zero-order valence-electron chi connectivity index (χ0n) is 19.6. The van der Waals surface area contributed by atoms with E-state index in [-0.39, 0.29) is 18.1 Å². The fourth-order valence-electron chi connectivity index (χ4n) is 5.74. The van der Waals surface area contributed by atoms with E-state index in [1.165, 1.54) is 0 Å². The van der Waals surface area contributed by atoms with Crippen LogP contribution in [0.5, 0.6) is 0 Å². The highest BCUT2D eigenvalue weighted by molar-refractivity contribution is 6.01. The van der Waals surface area contributed by atoms with Crippen LogP contribution in [0.4, 0.5) is 5.82 Å². The second kappa shape index (κ2) is 7.76. The molecular formula is C25H27N7O3. The maximum absolute atomic E-state index is 13.2. The van der Waals surface area contributed by atoms with Gasteiger partial charge in [0.25, 0.3) is 5.91 Å². The van der Waals surface area contributed by atoms with Crippen LogP contribution in [0.3, 0.4) is 0 Å². The molecule has 2 saturated carbocycles. The van der Waals surface area contributed by atoms with Crippen molar-refractivity contribution in [1.82, 2.24) is 29.5 Å². The third-order valence-corrected chi connectivity index (χ3v) is 7.90. The Morgan fingerprint density at radius 3 is 2.83 bits per heavy atom. The second-order valence-corrected chi connectivity index (χ2v) is 9.68. The van der Waals surface area contributed by atoms with Gasteiger partial charge >= 0.3 is 0 Å². The molecule has 2 N–H and O–H groups in total. The van der Waals surface area contributed by atoms with Crippen LogP contribution >= 0.6 is 0 Å². The zero-order valence-corrected chi connectivity index (χ0v) is 19.6. The Labute approximate surface area is 201 Å². The smallest absolute Gasteiger partial charge is 0.257 e. The number of rotatable bonds is 6. The number of anilines is 1. The minimum absolute atomic E-state index is 0.0143. The van der Waals surface area contributed by atoms with E-state index in [1.54, 1.807) is 17.8 Å². The number of carbonyl (C=O) groups excluding carboxylic acids is 1. The Morgan fingerprint density at radius 1 is 1.23 bits per heavy atom. The predicted octanol–water partition coefficient (Wildman–Crippen LogP) is 2.51. The highest BCUT2D eigenvalue weighted by Crippen LogP contribution is 2.55. The molecule has 10 heteroatoms. The standard InChI is InChI=1S/C25H27N7O3/c1-26-21-8-19(29-24-14(9-28-32(21)24)25(33)30-18-5-6-20(18)34-2)15-10-31(22-16-11-35-12-17(16)22)23-13(15)4-3-7-27-23/h3-4,7-10,16-18,20,22,26H,5-6,11-12H2,1-2H3,(H,30,33)/t16-,17+,18-,20-,22?/m1/s1. The summed E-state index contributed by atoms with van der Waals surface area (Å²) in [5, 5.41) is 11.8. The van der Waals surface area contributed by atoms with E-state index in [2.05, 4.69) is 32.6 Å². The number of methoxy groups -OCH3 is 1. The molecule has 10 nitrogen and oxygen atoms in total. The molecule has 180 valence electrons. The SMILES string of the molecule is CNc1cc(-c2cn(C3[C@H]4COC[C@@H]34)c3ncccc23)nc2c(C(=O)N[C@@H]3CC[C@H]3OC)cnn12. The van der Waals surface area contributed by atoms with E-state index < -0.39 is 0 Å². The number of hydrogen-bond acceptors (Lipinski definition) is 7. The van der Waals surface area contributed by atoms with Gasteiger partial charge in [-0.25, -0.2) is 9.97 Å². The molecule has 7 rings (SSSR count). The maximum Gasteiger partial charge on any atom is 0.257 e. The minimum atomic E-state index is -0.187. The molecule has 35 heavy (non-hydrogen) atoms. The molecule has 0 spiro atoms. The quantitative estimate of drug-likeness (QED) is 0.443. The summed E-state index contributed by atoms with van der Waals surface area (Å²) < 4.78 is 15.0. The monoisotopic (exact) mass is 473 g/mol. The number of aromatic nitrogens is 5. The van der Waals surface area contributed by atoms with Gasteiger partial charge < -0.3 is 24.7 Å². The molecule has 0 bridgehead atoms. The summed E-state index contributed by atoms with van der Waals surface area (Å²) >= 11 is 0. The number of pyridine rings is 1. The maximum atomic E-state index is 13.2. The van der Waals surface area contributed by atoms with Crippen LogP contribution < -0.4 is 10.6 Å². The van der Waals surface area contributed by atoms with Crippen LogP contribution in [0.15, 0.2) is 36.8 Å². The van der Waals surface area contributed by atoms with E-state index in [4.69, 9.17) is 19.4 Å². The lowest BCUT2D eigenvalue weighted by atomic mass is 9.89. The molecule has 4 aromatic heterocycles. The summed E-state index contributed by atoms with van der Waals surface area (Å²) in [4.78, 5) is 22.8. The van der Waals surface area contributed by atoms with Crippen molar-refractivity contribution in [2.75, 3.05) is 32.7 Å². The fourth-order valence-corrected chi connectivity index (χ4v) is 5.74. The van der Waals surface area contributed by atoms with E-state index >= 15 is 0 Å². The van der Waals surface area contributed by atoms with Gasteiger partial charge in [0.2, 0.25) is 0 Å². The average Bonchev–Trinajstić information content (AvgIpc) is 3.29. The molecule has 0 aromatic carbocycles. The van der Waals surface area contributed by atoms with Crippen molar-refractivity contribution in [2.45, 2.75) is 31.0 Å². The van der Waals surface area contributed by atoms with Crippen molar-refractivity contribution in [1.29, 1.82) is 0 Å². The molecule has 1 aliphatic heterocycles. The van der Waals surface area contributed by atoms with Gasteiger partial charge in [-0.2, -0.15) is 9.61 Å². The highest BCUT2D eigenvalue weighted by Gasteiger charge is 2.55. The van der Waals surface area contributed by atoms with Crippen molar-refractivity contribution in [3.05, 3.63) is 42.4 Å². The number of fused-ring (bicyclic) bond motifs is 3. The normalized spacial score (nSPS) is 27.1. The largest absolute Gasteiger partial charge is 0.381 e. The summed E-state index contributed by atoms with van der Waals surface area (Å²) in [5.74, 6) is 1.67. The molecular weight excluding hydrogens is 446 g/mol. The third kappa shape index (κ3) is 3.09. The Kier molecular flexibility index (Phi) is 4.62. The highest BCUT2D eigenvalue weighted by atomic mass is 16.5. The number of nitrogens with one attached hydrogen (secondary N) is 2. The van der Waals surface area contributed by atoms with Gasteiger partial charge in [0, 0.05) is 61.4 Å². The van der Waals surface area contributed by atoms with E-state index in [9.17, 15) is 4.79 Å². The summed E-state index contributed by atoms with van der Waals surface area (Å²) in [6.45, 7) is 1.62. The number of nitrogens with zero attached hydrogens (tertiary/aromatic N) is 5. The number of amides is 1. The molecule has 1 unspecified atom stereocenters. The van der Waals surface area contributed by atoms with Crippen molar-refractivity contribution in [3.8, 4) is 11.3 Å². The Hall–Kier alpha value is -3.50. The third-order valence-electron chi connectivity index (χ3n) is 7.90. The van der Waals surface area contributed by atoms with Crippen molar-refractivity contribution < 1.29 is 14.3 Å². The van der Waals surface area contributed by atoms with Crippen LogP contribution in [0, 0.1) is 11.8 Å². The van der Waals surface area contributed by atoms with E-state index in [1.807, 2.05) is 25.4 Å². The number of hydrogen-bond donors (Lipinski definition) is 2. The Morgan fingerprint density at radius 2 is 2.09 bits per heavy atom. The number of carbonyl (C=O) groups is 1. The summed E-state index contributed by atoms with van der Waals surface area (Å²) in [6, 6.07) is 6.43. The van der Waals surface area contributed by atoms with Crippen LogP contribution in [-0.2, 0) is 9.47 Å². The molecule has 3 aliphatic rings. The topological polar surface area (TPSA) is 108 Å². The summed E-state index contributed by atoms with van der Waals surface area (Å²) in [5.41, 5.74) is 3.68. The molecule has 2 aliphatic carbocycles. The lowest BCUT2D eigenvalue weighted by molar-refractivity contribution is 0.00732. The zero-order chi connectivity index (χ0) is 23.7.